The Hall–Kier alpha value is -0.340. The fraction of sp³-hybridized carbons (Fsp3) is 0.800. The molecule has 0 aromatic heterocycles. The van der Waals surface area contributed by atoms with Crippen molar-refractivity contribution in [3.05, 3.63) is 11.6 Å². The Bertz CT molecular complexity index is 184. The van der Waals surface area contributed by atoms with E-state index in [-0.39, 0.29) is 6.04 Å². The zero-order valence-electron chi connectivity index (χ0n) is 8.01. The summed E-state index contributed by atoms with van der Waals surface area (Å²) in [7, 11) is 0. The topological polar surface area (TPSA) is 46.2 Å². The first-order chi connectivity index (χ1) is 5.52. The molecule has 0 aromatic carbocycles. The molecule has 1 saturated carbocycles. The van der Waals surface area contributed by atoms with Gasteiger partial charge in [-0.3, -0.25) is 0 Å². The second-order valence-corrected chi connectivity index (χ2v) is 4.18. The molecule has 1 fully saturated rings. The number of hydrogen-bond acceptors (Lipinski definition) is 2. The number of rotatable bonds is 1. The van der Waals surface area contributed by atoms with Gasteiger partial charge >= 0.3 is 0 Å². The van der Waals surface area contributed by atoms with Crippen LogP contribution in [0, 0.1) is 0 Å². The van der Waals surface area contributed by atoms with Crippen LogP contribution in [0.3, 0.4) is 0 Å². The molecule has 0 spiro atoms. The Labute approximate surface area is 74.5 Å². The maximum Gasteiger partial charge on any atom is 0.0844 e. The molecule has 1 aliphatic carbocycles. The maximum atomic E-state index is 10.1. The maximum absolute atomic E-state index is 10.1. The Morgan fingerprint density at radius 3 is 2.75 bits per heavy atom. The number of allylic oxidation sites excluding steroid dienone is 1. The van der Waals surface area contributed by atoms with Gasteiger partial charge in [0.25, 0.3) is 0 Å². The zero-order chi connectivity index (χ0) is 9.19. The van der Waals surface area contributed by atoms with Gasteiger partial charge in [0.2, 0.25) is 0 Å². The van der Waals surface area contributed by atoms with Crippen molar-refractivity contribution in [3.8, 4) is 0 Å². The van der Waals surface area contributed by atoms with Gasteiger partial charge in [-0.15, -0.1) is 0 Å². The normalized spacial score (nSPS) is 36.2. The van der Waals surface area contributed by atoms with Crippen LogP contribution in [0.5, 0.6) is 0 Å². The molecule has 0 amide bonds. The first-order valence-electron chi connectivity index (χ1n) is 4.66. The van der Waals surface area contributed by atoms with Crippen molar-refractivity contribution in [2.24, 2.45) is 5.73 Å². The molecular weight excluding hydrogens is 150 g/mol. The summed E-state index contributed by atoms with van der Waals surface area (Å²) in [6.45, 7) is 4.02. The first-order valence-corrected chi connectivity index (χ1v) is 4.66. The first kappa shape index (κ1) is 9.75. The molecule has 2 unspecified atom stereocenters. The van der Waals surface area contributed by atoms with E-state index >= 15 is 0 Å². The summed E-state index contributed by atoms with van der Waals surface area (Å²) in [5.74, 6) is 0. The van der Waals surface area contributed by atoms with Gasteiger partial charge in [0.05, 0.1) is 5.60 Å². The molecule has 2 heteroatoms. The van der Waals surface area contributed by atoms with Crippen molar-refractivity contribution >= 4 is 0 Å². The fourth-order valence-corrected chi connectivity index (χ4v) is 2.00. The van der Waals surface area contributed by atoms with E-state index in [1.54, 1.807) is 0 Å². The van der Waals surface area contributed by atoms with Crippen molar-refractivity contribution in [1.29, 1.82) is 0 Å². The van der Waals surface area contributed by atoms with Crippen molar-refractivity contribution in [3.63, 3.8) is 0 Å². The highest BCUT2D eigenvalue weighted by atomic mass is 16.3. The van der Waals surface area contributed by atoms with Gasteiger partial charge in [0.1, 0.15) is 0 Å². The molecule has 0 radical (unpaired) electrons. The monoisotopic (exact) mass is 169 g/mol. The summed E-state index contributed by atoms with van der Waals surface area (Å²) >= 11 is 0. The van der Waals surface area contributed by atoms with Crippen LogP contribution in [0.25, 0.3) is 0 Å². The minimum absolute atomic E-state index is 0.180. The molecule has 2 nitrogen and oxygen atoms in total. The van der Waals surface area contributed by atoms with E-state index in [9.17, 15) is 5.11 Å². The van der Waals surface area contributed by atoms with E-state index in [2.05, 4.69) is 0 Å². The lowest BCUT2D eigenvalue weighted by molar-refractivity contribution is 0.0431. The van der Waals surface area contributed by atoms with Gasteiger partial charge < -0.3 is 10.8 Å². The summed E-state index contributed by atoms with van der Waals surface area (Å²) in [5, 5.41) is 10.1. The minimum atomic E-state index is -0.615. The molecule has 1 aliphatic rings. The third-order valence-electron chi connectivity index (χ3n) is 2.36. The third-order valence-corrected chi connectivity index (χ3v) is 2.36. The summed E-state index contributed by atoms with van der Waals surface area (Å²) in [6, 6.07) is 0.180. The molecule has 0 heterocycles. The van der Waals surface area contributed by atoms with Crippen LogP contribution < -0.4 is 5.73 Å². The van der Waals surface area contributed by atoms with E-state index in [0.29, 0.717) is 0 Å². The summed E-state index contributed by atoms with van der Waals surface area (Å²) < 4.78 is 0. The molecule has 0 saturated heterocycles. The average Bonchev–Trinajstić information content (AvgIpc) is 1.82. The summed E-state index contributed by atoms with van der Waals surface area (Å²) in [4.78, 5) is 0. The highest BCUT2D eigenvalue weighted by Gasteiger charge is 2.30. The van der Waals surface area contributed by atoms with Gasteiger partial charge in [-0.2, -0.15) is 0 Å². The van der Waals surface area contributed by atoms with Crippen LogP contribution in [0.15, 0.2) is 11.6 Å². The lowest BCUT2D eigenvalue weighted by Gasteiger charge is -2.33. The van der Waals surface area contributed by atoms with Crippen LogP contribution in [-0.4, -0.2) is 16.7 Å². The highest BCUT2D eigenvalue weighted by molar-refractivity contribution is 5.09. The zero-order valence-corrected chi connectivity index (χ0v) is 8.01. The van der Waals surface area contributed by atoms with Crippen molar-refractivity contribution in [2.45, 2.75) is 51.2 Å². The molecule has 70 valence electrons. The predicted molar refractivity (Wildman–Crippen MR) is 50.8 cm³/mol. The second-order valence-electron chi connectivity index (χ2n) is 4.18. The Morgan fingerprint density at radius 1 is 1.58 bits per heavy atom. The van der Waals surface area contributed by atoms with Gasteiger partial charge in [-0.1, -0.05) is 11.6 Å². The number of hydrogen-bond donors (Lipinski definition) is 2. The summed E-state index contributed by atoms with van der Waals surface area (Å²) in [6.07, 6.45) is 5.64. The van der Waals surface area contributed by atoms with Gasteiger partial charge in [-0.05, 0) is 39.5 Å². The molecule has 0 bridgehead atoms. The Morgan fingerprint density at radius 2 is 2.25 bits per heavy atom. The van der Waals surface area contributed by atoms with Crippen molar-refractivity contribution < 1.29 is 5.11 Å². The van der Waals surface area contributed by atoms with E-state index < -0.39 is 5.60 Å². The lowest BCUT2D eigenvalue weighted by atomic mass is 9.81. The van der Waals surface area contributed by atoms with Crippen LogP contribution in [0.2, 0.25) is 0 Å². The molecule has 12 heavy (non-hydrogen) atoms. The van der Waals surface area contributed by atoms with Gasteiger partial charge in [-0.25, -0.2) is 0 Å². The number of aliphatic hydroxyl groups is 1. The largest absolute Gasteiger partial charge is 0.386 e. The van der Waals surface area contributed by atoms with E-state index in [1.165, 1.54) is 5.57 Å². The van der Waals surface area contributed by atoms with Gasteiger partial charge in [0, 0.05) is 6.04 Å². The SMILES string of the molecule is CC(C)=CC1(O)CCCC(N)C1. The molecule has 2 atom stereocenters. The molecule has 0 aromatic rings. The molecule has 1 rings (SSSR count). The molecular formula is C10H19NO. The Kier molecular flexibility index (Phi) is 2.91. The fourth-order valence-electron chi connectivity index (χ4n) is 2.00. The third kappa shape index (κ3) is 2.61. The van der Waals surface area contributed by atoms with E-state index in [4.69, 9.17) is 5.73 Å². The minimum Gasteiger partial charge on any atom is -0.386 e. The van der Waals surface area contributed by atoms with Crippen LogP contribution >= 0.6 is 0 Å². The quantitative estimate of drug-likeness (QED) is 0.585. The Balaban J connectivity index is 2.63. The average molecular weight is 169 g/mol. The van der Waals surface area contributed by atoms with Crippen LogP contribution in [-0.2, 0) is 0 Å². The van der Waals surface area contributed by atoms with Crippen molar-refractivity contribution in [1.82, 2.24) is 0 Å². The van der Waals surface area contributed by atoms with Crippen LogP contribution in [0.4, 0.5) is 0 Å². The standard InChI is InChI=1S/C10H19NO/c1-8(2)6-10(12)5-3-4-9(11)7-10/h6,9,12H,3-5,7,11H2,1-2H3. The molecule has 3 N–H and O–H groups in total. The smallest absolute Gasteiger partial charge is 0.0844 e. The highest BCUT2D eigenvalue weighted by Crippen LogP contribution is 2.29. The van der Waals surface area contributed by atoms with E-state index in [1.807, 2.05) is 19.9 Å². The van der Waals surface area contributed by atoms with Gasteiger partial charge in [0.15, 0.2) is 0 Å². The summed E-state index contributed by atoms with van der Waals surface area (Å²) in [5.41, 5.74) is 6.35. The van der Waals surface area contributed by atoms with E-state index in [0.717, 1.165) is 25.7 Å². The second kappa shape index (κ2) is 3.58. The number of nitrogens with two attached hydrogens (primary N) is 1. The predicted octanol–water partition coefficient (Wildman–Crippen LogP) is 1.58. The lowest BCUT2D eigenvalue weighted by Crippen LogP contribution is -2.39. The van der Waals surface area contributed by atoms with Crippen LogP contribution in [0.1, 0.15) is 39.5 Å². The van der Waals surface area contributed by atoms with Crippen molar-refractivity contribution in [2.75, 3.05) is 0 Å². The molecule has 0 aliphatic heterocycles.